The van der Waals surface area contributed by atoms with Gasteiger partial charge in [0.2, 0.25) is 5.91 Å². The molecular weight excluding hydrogens is 300 g/mol. The minimum absolute atomic E-state index is 0.0503. The van der Waals surface area contributed by atoms with E-state index in [9.17, 15) is 4.79 Å². The van der Waals surface area contributed by atoms with Crippen LogP contribution in [0, 0.1) is 11.3 Å². The Balaban J connectivity index is 1.94. The number of nitriles is 1. The van der Waals surface area contributed by atoms with Crippen molar-refractivity contribution in [3.8, 4) is 6.07 Å². The van der Waals surface area contributed by atoms with Crippen LogP contribution < -0.4 is 5.32 Å². The molecule has 0 radical (unpaired) electrons. The predicted octanol–water partition coefficient (Wildman–Crippen LogP) is 2.18. The van der Waals surface area contributed by atoms with Crippen molar-refractivity contribution in [2.75, 3.05) is 38.0 Å². The molecule has 22 heavy (non-hydrogen) atoms. The molecule has 1 atom stereocenters. The van der Waals surface area contributed by atoms with Crippen molar-refractivity contribution in [3.63, 3.8) is 0 Å². The highest BCUT2D eigenvalue weighted by atomic mass is 35.5. The second kappa shape index (κ2) is 7.59. The average molecular weight is 321 g/mol. The van der Waals surface area contributed by atoms with E-state index in [0.29, 0.717) is 16.3 Å². The number of nitrogens with one attached hydrogen (secondary N) is 1. The minimum Gasteiger partial charge on any atom is -0.325 e. The molecule has 1 N–H and O–H groups in total. The van der Waals surface area contributed by atoms with Crippen molar-refractivity contribution in [2.24, 2.45) is 0 Å². The van der Waals surface area contributed by atoms with E-state index in [1.807, 2.05) is 13.0 Å². The maximum absolute atomic E-state index is 12.4. The molecule has 1 aliphatic heterocycles. The van der Waals surface area contributed by atoms with Crippen LogP contribution in [0.4, 0.5) is 5.69 Å². The Kier molecular flexibility index (Phi) is 5.78. The zero-order valence-corrected chi connectivity index (χ0v) is 13.7. The standard InChI is InChI=1S/C16H21ClN4O/c1-3-20-6-8-21(9-7-20)12(2)16(22)19-14-5-4-13(11-18)15(17)10-14/h4-5,10,12H,3,6-9H2,1-2H3,(H,19,22). The zero-order valence-electron chi connectivity index (χ0n) is 13.0. The third kappa shape index (κ3) is 3.98. The summed E-state index contributed by atoms with van der Waals surface area (Å²) in [7, 11) is 0. The number of benzene rings is 1. The van der Waals surface area contributed by atoms with Crippen LogP contribution in [0.1, 0.15) is 19.4 Å². The molecule has 1 amide bonds. The highest BCUT2D eigenvalue weighted by Crippen LogP contribution is 2.20. The number of hydrogen-bond donors (Lipinski definition) is 1. The van der Waals surface area contributed by atoms with Gasteiger partial charge in [-0.1, -0.05) is 18.5 Å². The number of nitrogens with zero attached hydrogens (tertiary/aromatic N) is 3. The molecule has 1 saturated heterocycles. The van der Waals surface area contributed by atoms with Crippen molar-refractivity contribution in [1.82, 2.24) is 9.80 Å². The summed E-state index contributed by atoms with van der Waals surface area (Å²) in [6.45, 7) is 8.92. The van der Waals surface area contributed by atoms with E-state index < -0.39 is 0 Å². The lowest BCUT2D eigenvalue weighted by molar-refractivity contribution is -0.121. The minimum atomic E-state index is -0.187. The van der Waals surface area contributed by atoms with Gasteiger partial charge in [0, 0.05) is 31.9 Å². The molecule has 5 nitrogen and oxygen atoms in total. The number of halogens is 1. The Labute approximate surface area is 136 Å². The molecule has 0 saturated carbocycles. The maximum Gasteiger partial charge on any atom is 0.241 e. The van der Waals surface area contributed by atoms with Crippen molar-refractivity contribution in [1.29, 1.82) is 5.26 Å². The van der Waals surface area contributed by atoms with Gasteiger partial charge in [0.1, 0.15) is 6.07 Å². The third-order valence-corrected chi connectivity index (χ3v) is 4.45. The Morgan fingerprint density at radius 2 is 2.09 bits per heavy atom. The van der Waals surface area contributed by atoms with Crippen molar-refractivity contribution in [2.45, 2.75) is 19.9 Å². The Morgan fingerprint density at radius 1 is 1.41 bits per heavy atom. The third-order valence-electron chi connectivity index (χ3n) is 4.14. The molecule has 1 aliphatic rings. The second-order valence-electron chi connectivity index (χ2n) is 5.44. The normalized spacial score (nSPS) is 17.7. The smallest absolute Gasteiger partial charge is 0.241 e. The van der Waals surface area contributed by atoms with Crippen LogP contribution in [0.15, 0.2) is 18.2 Å². The summed E-state index contributed by atoms with van der Waals surface area (Å²) in [5, 5.41) is 12.1. The van der Waals surface area contributed by atoms with E-state index in [0.717, 1.165) is 32.7 Å². The van der Waals surface area contributed by atoms with Crippen LogP contribution in [0.2, 0.25) is 5.02 Å². The Morgan fingerprint density at radius 3 is 2.64 bits per heavy atom. The fourth-order valence-electron chi connectivity index (χ4n) is 2.56. The molecule has 1 fully saturated rings. The van der Waals surface area contributed by atoms with Gasteiger partial charge in [-0.15, -0.1) is 0 Å². The molecular formula is C16H21ClN4O. The molecule has 1 unspecified atom stereocenters. The second-order valence-corrected chi connectivity index (χ2v) is 5.85. The van der Waals surface area contributed by atoms with Crippen LogP contribution in [0.5, 0.6) is 0 Å². The van der Waals surface area contributed by atoms with Crippen LogP contribution >= 0.6 is 11.6 Å². The maximum atomic E-state index is 12.4. The van der Waals surface area contributed by atoms with Gasteiger partial charge < -0.3 is 10.2 Å². The number of anilines is 1. The van der Waals surface area contributed by atoms with Gasteiger partial charge in [0.25, 0.3) is 0 Å². The first-order chi connectivity index (χ1) is 10.5. The molecule has 0 bridgehead atoms. The molecule has 1 aromatic carbocycles. The van der Waals surface area contributed by atoms with Gasteiger partial charge in [-0.05, 0) is 31.7 Å². The summed E-state index contributed by atoms with van der Waals surface area (Å²) in [4.78, 5) is 16.9. The van der Waals surface area contributed by atoms with Crippen molar-refractivity contribution in [3.05, 3.63) is 28.8 Å². The van der Waals surface area contributed by atoms with Gasteiger partial charge in [0.05, 0.1) is 16.6 Å². The quantitative estimate of drug-likeness (QED) is 0.923. The van der Waals surface area contributed by atoms with Crippen LogP contribution in [0.25, 0.3) is 0 Å². The van der Waals surface area contributed by atoms with E-state index in [2.05, 4.69) is 22.0 Å². The lowest BCUT2D eigenvalue weighted by Crippen LogP contribution is -2.52. The van der Waals surface area contributed by atoms with Gasteiger partial charge in [0.15, 0.2) is 0 Å². The molecule has 6 heteroatoms. The lowest BCUT2D eigenvalue weighted by Gasteiger charge is -2.36. The van der Waals surface area contributed by atoms with Gasteiger partial charge >= 0.3 is 0 Å². The van der Waals surface area contributed by atoms with E-state index in [4.69, 9.17) is 16.9 Å². The summed E-state index contributed by atoms with van der Waals surface area (Å²) in [5.41, 5.74) is 1.02. The SMILES string of the molecule is CCN1CCN(C(C)C(=O)Nc2ccc(C#N)c(Cl)c2)CC1. The number of carbonyl (C=O) groups excluding carboxylic acids is 1. The monoisotopic (exact) mass is 320 g/mol. The Bertz CT molecular complexity index is 576. The van der Waals surface area contributed by atoms with E-state index in [-0.39, 0.29) is 11.9 Å². The molecule has 0 aromatic heterocycles. The van der Waals surface area contributed by atoms with Gasteiger partial charge in [-0.3, -0.25) is 9.69 Å². The number of hydrogen-bond acceptors (Lipinski definition) is 4. The number of piperazine rings is 1. The van der Waals surface area contributed by atoms with Gasteiger partial charge in [-0.25, -0.2) is 0 Å². The molecule has 2 rings (SSSR count). The van der Waals surface area contributed by atoms with Crippen LogP contribution in [-0.4, -0.2) is 54.5 Å². The van der Waals surface area contributed by atoms with E-state index in [1.165, 1.54) is 0 Å². The summed E-state index contributed by atoms with van der Waals surface area (Å²) in [5.74, 6) is -0.0503. The first-order valence-electron chi connectivity index (χ1n) is 7.52. The topological polar surface area (TPSA) is 59.4 Å². The summed E-state index contributed by atoms with van der Waals surface area (Å²) < 4.78 is 0. The fraction of sp³-hybridized carbons (Fsp3) is 0.500. The van der Waals surface area contributed by atoms with E-state index >= 15 is 0 Å². The highest BCUT2D eigenvalue weighted by Gasteiger charge is 2.25. The Hall–Kier alpha value is -1.61. The zero-order chi connectivity index (χ0) is 16.1. The first-order valence-corrected chi connectivity index (χ1v) is 7.90. The number of carbonyl (C=O) groups is 1. The van der Waals surface area contributed by atoms with Crippen molar-refractivity contribution < 1.29 is 4.79 Å². The first kappa shape index (κ1) is 16.8. The largest absolute Gasteiger partial charge is 0.325 e. The van der Waals surface area contributed by atoms with Crippen LogP contribution in [0.3, 0.4) is 0 Å². The summed E-state index contributed by atoms with van der Waals surface area (Å²) in [6.07, 6.45) is 0. The number of likely N-dealkylation sites (N-methyl/N-ethyl adjacent to an activating group) is 1. The van der Waals surface area contributed by atoms with Gasteiger partial charge in [-0.2, -0.15) is 5.26 Å². The molecule has 0 spiro atoms. The number of amides is 1. The lowest BCUT2D eigenvalue weighted by atomic mass is 10.2. The molecule has 1 aromatic rings. The van der Waals surface area contributed by atoms with E-state index in [1.54, 1.807) is 18.2 Å². The molecule has 1 heterocycles. The molecule has 118 valence electrons. The summed E-state index contributed by atoms with van der Waals surface area (Å²) >= 11 is 5.98. The highest BCUT2D eigenvalue weighted by molar-refractivity contribution is 6.32. The van der Waals surface area contributed by atoms with Crippen molar-refractivity contribution >= 4 is 23.2 Å². The predicted molar refractivity (Wildman–Crippen MR) is 87.9 cm³/mol. The molecule has 0 aliphatic carbocycles. The fourth-order valence-corrected chi connectivity index (χ4v) is 2.79. The average Bonchev–Trinajstić information content (AvgIpc) is 2.54. The number of rotatable bonds is 4. The van der Waals surface area contributed by atoms with Crippen LogP contribution in [-0.2, 0) is 4.79 Å². The summed E-state index contributed by atoms with van der Waals surface area (Å²) in [6, 6.07) is 6.74.